The molecule has 1 heterocycles. The van der Waals surface area contributed by atoms with Crippen molar-refractivity contribution in [1.29, 1.82) is 0 Å². The molecule has 1 fully saturated rings. The van der Waals surface area contributed by atoms with Crippen molar-refractivity contribution in [2.75, 3.05) is 32.8 Å². The van der Waals surface area contributed by atoms with Crippen molar-refractivity contribution in [3.05, 3.63) is 0 Å². The number of carbonyl (C=O) groups is 2. The van der Waals surface area contributed by atoms with Gasteiger partial charge in [0.2, 0.25) is 5.91 Å². The quantitative estimate of drug-likeness (QED) is 0.737. The number of amides is 1. The van der Waals surface area contributed by atoms with Crippen molar-refractivity contribution in [2.45, 2.75) is 47.1 Å². The summed E-state index contributed by atoms with van der Waals surface area (Å²) in [5, 5.41) is 0. The van der Waals surface area contributed by atoms with Crippen LogP contribution >= 0.6 is 0 Å². The van der Waals surface area contributed by atoms with Crippen molar-refractivity contribution in [1.82, 2.24) is 9.80 Å². The predicted octanol–water partition coefficient (Wildman–Crippen LogP) is 1.52. The minimum Gasteiger partial charge on any atom is -0.465 e. The van der Waals surface area contributed by atoms with E-state index >= 15 is 0 Å². The fourth-order valence-electron chi connectivity index (χ4n) is 2.41. The Morgan fingerprint density at radius 2 is 1.80 bits per heavy atom. The van der Waals surface area contributed by atoms with Crippen LogP contribution in [0.3, 0.4) is 0 Å². The molecular formula is C15H28N2O3. The van der Waals surface area contributed by atoms with E-state index in [1.54, 1.807) is 0 Å². The molecule has 0 spiro atoms. The fourth-order valence-corrected chi connectivity index (χ4v) is 2.41. The second-order valence-electron chi connectivity index (χ2n) is 6.36. The summed E-state index contributed by atoms with van der Waals surface area (Å²) in [7, 11) is 0. The molecule has 0 saturated carbocycles. The van der Waals surface area contributed by atoms with Crippen LogP contribution in [0.2, 0.25) is 0 Å². The Kier molecular flexibility index (Phi) is 5.99. The molecule has 1 aliphatic rings. The molecule has 0 aromatic heterocycles. The molecule has 0 bridgehead atoms. The van der Waals surface area contributed by atoms with Gasteiger partial charge in [0.25, 0.3) is 0 Å². The van der Waals surface area contributed by atoms with Crippen LogP contribution in [0, 0.1) is 5.41 Å². The zero-order valence-electron chi connectivity index (χ0n) is 13.4. The number of carbonyl (C=O) groups excluding carboxylic acids is 2. The molecule has 1 saturated heterocycles. The summed E-state index contributed by atoms with van der Waals surface area (Å²) in [5.74, 6) is 0.00577. The molecule has 0 aliphatic carbocycles. The third kappa shape index (κ3) is 4.47. The Balaban J connectivity index is 2.59. The third-order valence-electron chi connectivity index (χ3n) is 3.63. The largest absolute Gasteiger partial charge is 0.465 e. The molecule has 1 unspecified atom stereocenters. The molecule has 0 N–H and O–H groups in total. The van der Waals surface area contributed by atoms with Gasteiger partial charge in [0.05, 0.1) is 6.61 Å². The molecule has 1 rings (SSSR count). The van der Waals surface area contributed by atoms with Gasteiger partial charge in [-0.25, -0.2) is 0 Å². The maximum Gasteiger partial charge on any atom is 0.323 e. The lowest BCUT2D eigenvalue weighted by Crippen LogP contribution is -2.44. The summed E-state index contributed by atoms with van der Waals surface area (Å²) in [5.41, 5.74) is -0.345. The highest BCUT2D eigenvalue weighted by atomic mass is 16.5. The molecular weight excluding hydrogens is 256 g/mol. The SMILES string of the molecule is CCOC(=O)C(C)N1CCCN(C(=O)C(C)(C)C)CC1. The standard InChI is InChI=1S/C15H28N2O3/c1-6-20-13(18)12(2)16-8-7-9-17(11-10-16)14(19)15(3,4)5/h12H,6-11H2,1-5H3. The maximum atomic E-state index is 12.3. The molecule has 5 nitrogen and oxygen atoms in total. The highest BCUT2D eigenvalue weighted by Crippen LogP contribution is 2.19. The van der Waals surface area contributed by atoms with E-state index in [9.17, 15) is 9.59 Å². The topological polar surface area (TPSA) is 49.9 Å². The minimum absolute atomic E-state index is 0.178. The van der Waals surface area contributed by atoms with Gasteiger partial charge in [0.15, 0.2) is 0 Å². The smallest absolute Gasteiger partial charge is 0.323 e. The number of hydrogen-bond donors (Lipinski definition) is 0. The van der Waals surface area contributed by atoms with Gasteiger partial charge in [-0.3, -0.25) is 14.5 Å². The zero-order valence-corrected chi connectivity index (χ0v) is 13.4. The van der Waals surface area contributed by atoms with Crippen LogP contribution in [-0.4, -0.2) is 60.5 Å². The van der Waals surface area contributed by atoms with Crippen LogP contribution < -0.4 is 0 Å². The van der Waals surface area contributed by atoms with Gasteiger partial charge in [-0.15, -0.1) is 0 Å². The van der Waals surface area contributed by atoms with Crippen LogP contribution in [0.25, 0.3) is 0 Å². The second kappa shape index (κ2) is 7.07. The lowest BCUT2D eigenvalue weighted by atomic mass is 9.94. The van der Waals surface area contributed by atoms with Crippen LogP contribution in [0.4, 0.5) is 0 Å². The highest BCUT2D eigenvalue weighted by molar-refractivity contribution is 5.81. The lowest BCUT2D eigenvalue weighted by Gasteiger charge is -2.29. The van der Waals surface area contributed by atoms with Crippen molar-refractivity contribution >= 4 is 11.9 Å². The van der Waals surface area contributed by atoms with Crippen LogP contribution in [0.5, 0.6) is 0 Å². The van der Waals surface area contributed by atoms with E-state index in [1.165, 1.54) is 0 Å². The lowest BCUT2D eigenvalue weighted by molar-refractivity contribution is -0.148. The first kappa shape index (κ1) is 17.0. The van der Waals surface area contributed by atoms with E-state index in [0.717, 1.165) is 26.1 Å². The number of rotatable bonds is 3. The van der Waals surface area contributed by atoms with E-state index in [0.29, 0.717) is 13.2 Å². The number of ether oxygens (including phenoxy) is 1. The van der Waals surface area contributed by atoms with Gasteiger partial charge in [0.1, 0.15) is 6.04 Å². The monoisotopic (exact) mass is 284 g/mol. The normalized spacial score (nSPS) is 19.4. The van der Waals surface area contributed by atoms with Gasteiger partial charge in [-0.2, -0.15) is 0 Å². The molecule has 0 aromatic rings. The first-order chi connectivity index (χ1) is 9.27. The molecule has 20 heavy (non-hydrogen) atoms. The average molecular weight is 284 g/mol. The Morgan fingerprint density at radius 3 is 2.35 bits per heavy atom. The number of esters is 1. The van der Waals surface area contributed by atoms with Crippen LogP contribution in [0.1, 0.15) is 41.0 Å². The number of nitrogens with zero attached hydrogens (tertiary/aromatic N) is 2. The zero-order chi connectivity index (χ0) is 15.3. The van der Waals surface area contributed by atoms with E-state index < -0.39 is 0 Å². The fraction of sp³-hybridized carbons (Fsp3) is 0.867. The summed E-state index contributed by atoms with van der Waals surface area (Å²) >= 11 is 0. The molecule has 1 atom stereocenters. The molecule has 116 valence electrons. The molecule has 0 radical (unpaired) electrons. The summed E-state index contributed by atoms with van der Waals surface area (Å²) in [6, 6.07) is -0.236. The van der Waals surface area contributed by atoms with Gasteiger partial charge >= 0.3 is 5.97 Å². The van der Waals surface area contributed by atoms with Gasteiger partial charge in [-0.05, 0) is 20.3 Å². The van der Waals surface area contributed by atoms with Gasteiger partial charge < -0.3 is 9.64 Å². The van der Waals surface area contributed by atoms with Crippen molar-refractivity contribution < 1.29 is 14.3 Å². The Morgan fingerprint density at radius 1 is 1.15 bits per heavy atom. The molecule has 1 amide bonds. The molecule has 1 aliphatic heterocycles. The third-order valence-corrected chi connectivity index (χ3v) is 3.63. The van der Waals surface area contributed by atoms with Crippen LogP contribution in [-0.2, 0) is 14.3 Å². The first-order valence-corrected chi connectivity index (χ1v) is 7.47. The summed E-state index contributed by atoms with van der Waals surface area (Å²) < 4.78 is 5.07. The van der Waals surface area contributed by atoms with E-state index in [-0.39, 0.29) is 23.3 Å². The summed E-state index contributed by atoms with van der Waals surface area (Å²) in [6.45, 7) is 12.9. The first-order valence-electron chi connectivity index (χ1n) is 7.47. The molecule has 0 aromatic carbocycles. The average Bonchev–Trinajstić information content (AvgIpc) is 2.61. The Hall–Kier alpha value is -1.10. The van der Waals surface area contributed by atoms with E-state index in [4.69, 9.17) is 4.74 Å². The Bertz CT molecular complexity index is 350. The van der Waals surface area contributed by atoms with Crippen molar-refractivity contribution in [3.8, 4) is 0 Å². The predicted molar refractivity (Wildman–Crippen MR) is 78.3 cm³/mol. The van der Waals surface area contributed by atoms with E-state index in [2.05, 4.69) is 4.90 Å². The summed E-state index contributed by atoms with van der Waals surface area (Å²) in [6.07, 6.45) is 0.894. The Labute approximate surface area is 122 Å². The maximum absolute atomic E-state index is 12.3. The van der Waals surface area contributed by atoms with Crippen molar-refractivity contribution in [3.63, 3.8) is 0 Å². The van der Waals surface area contributed by atoms with Gasteiger partial charge in [0, 0.05) is 31.6 Å². The summed E-state index contributed by atoms with van der Waals surface area (Å²) in [4.78, 5) is 28.1. The van der Waals surface area contributed by atoms with Crippen LogP contribution in [0.15, 0.2) is 0 Å². The van der Waals surface area contributed by atoms with Crippen molar-refractivity contribution in [2.24, 2.45) is 5.41 Å². The molecule has 5 heteroatoms. The van der Waals surface area contributed by atoms with Gasteiger partial charge in [-0.1, -0.05) is 20.8 Å². The second-order valence-corrected chi connectivity index (χ2v) is 6.36. The minimum atomic E-state index is -0.345. The van der Waals surface area contributed by atoms with E-state index in [1.807, 2.05) is 39.5 Å². The number of hydrogen-bond acceptors (Lipinski definition) is 4. The highest BCUT2D eigenvalue weighted by Gasteiger charge is 2.30.